The van der Waals surface area contributed by atoms with Crippen LogP contribution >= 0.6 is 0 Å². The second-order valence-corrected chi connectivity index (χ2v) is 3.05. The van der Waals surface area contributed by atoms with Crippen LogP contribution in [0.3, 0.4) is 0 Å². The second-order valence-electron chi connectivity index (χ2n) is 3.05. The molecule has 0 radical (unpaired) electrons. The quantitative estimate of drug-likeness (QED) is 0.721. The molecule has 2 rings (SSSR count). The molecule has 0 unspecified atom stereocenters. The number of rotatable bonds is 1. The molecule has 14 heavy (non-hydrogen) atoms. The highest BCUT2D eigenvalue weighted by Crippen LogP contribution is 2.16. The first kappa shape index (κ1) is 8.74. The first-order chi connectivity index (χ1) is 6.79. The Kier molecular flexibility index (Phi) is 2.18. The SMILES string of the molecule is O=C1CCNC(=O)N1c1ccccc1. The standard InChI is InChI=1S/C10H10N2O2/c13-9-6-7-11-10(14)12(9)8-4-2-1-3-5-8/h1-5H,6-7H2,(H,11,14). The predicted molar refractivity (Wildman–Crippen MR) is 51.9 cm³/mol. The normalized spacial score (nSPS) is 16.7. The molecule has 1 aliphatic rings. The van der Waals surface area contributed by atoms with E-state index in [9.17, 15) is 9.59 Å². The summed E-state index contributed by atoms with van der Waals surface area (Å²) in [5, 5.41) is 2.63. The smallest absolute Gasteiger partial charge is 0.328 e. The lowest BCUT2D eigenvalue weighted by molar-refractivity contribution is -0.118. The van der Waals surface area contributed by atoms with Crippen LogP contribution in [-0.2, 0) is 4.79 Å². The van der Waals surface area contributed by atoms with Crippen molar-refractivity contribution < 1.29 is 9.59 Å². The van der Waals surface area contributed by atoms with Crippen molar-refractivity contribution in [2.45, 2.75) is 6.42 Å². The Labute approximate surface area is 81.5 Å². The minimum absolute atomic E-state index is 0.153. The molecule has 72 valence electrons. The summed E-state index contributed by atoms with van der Waals surface area (Å²) in [5.41, 5.74) is 0.620. The van der Waals surface area contributed by atoms with Crippen molar-refractivity contribution in [1.29, 1.82) is 0 Å². The fraction of sp³-hybridized carbons (Fsp3) is 0.200. The molecular weight excluding hydrogens is 180 g/mol. The van der Waals surface area contributed by atoms with E-state index in [4.69, 9.17) is 0 Å². The summed E-state index contributed by atoms with van der Waals surface area (Å²) < 4.78 is 0. The van der Waals surface area contributed by atoms with Gasteiger partial charge in [0.15, 0.2) is 0 Å². The molecule has 0 bridgehead atoms. The van der Waals surface area contributed by atoms with E-state index in [1.165, 1.54) is 4.90 Å². The maximum atomic E-state index is 11.5. The summed E-state index contributed by atoms with van der Waals surface area (Å²) in [6, 6.07) is 8.57. The zero-order chi connectivity index (χ0) is 9.97. The lowest BCUT2D eigenvalue weighted by Crippen LogP contribution is -2.50. The molecule has 1 aliphatic heterocycles. The van der Waals surface area contributed by atoms with Gasteiger partial charge in [-0.1, -0.05) is 18.2 Å². The zero-order valence-corrected chi connectivity index (χ0v) is 7.56. The van der Waals surface area contributed by atoms with Gasteiger partial charge in [-0.2, -0.15) is 0 Å². The van der Waals surface area contributed by atoms with Crippen LogP contribution < -0.4 is 10.2 Å². The molecule has 1 heterocycles. The molecule has 0 aromatic heterocycles. The Morgan fingerprint density at radius 1 is 1.14 bits per heavy atom. The highest BCUT2D eigenvalue weighted by atomic mass is 16.2. The minimum atomic E-state index is -0.340. The van der Waals surface area contributed by atoms with Crippen LogP contribution in [0, 0.1) is 0 Å². The van der Waals surface area contributed by atoms with E-state index in [-0.39, 0.29) is 11.9 Å². The third-order valence-corrected chi connectivity index (χ3v) is 2.08. The maximum Gasteiger partial charge on any atom is 0.328 e. The topological polar surface area (TPSA) is 49.4 Å². The molecule has 1 aromatic carbocycles. The first-order valence-corrected chi connectivity index (χ1v) is 4.45. The molecule has 1 saturated heterocycles. The van der Waals surface area contributed by atoms with Crippen molar-refractivity contribution in [3.05, 3.63) is 30.3 Å². The lowest BCUT2D eigenvalue weighted by atomic mass is 10.2. The number of nitrogens with zero attached hydrogens (tertiary/aromatic N) is 1. The van der Waals surface area contributed by atoms with E-state index in [1.54, 1.807) is 24.3 Å². The van der Waals surface area contributed by atoms with Crippen molar-refractivity contribution in [2.75, 3.05) is 11.4 Å². The number of urea groups is 1. The Morgan fingerprint density at radius 2 is 1.86 bits per heavy atom. The van der Waals surface area contributed by atoms with Gasteiger partial charge in [-0.3, -0.25) is 4.79 Å². The largest absolute Gasteiger partial charge is 0.337 e. The van der Waals surface area contributed by atoms with Crippen molar-refractivity contribution in [2.24, 2.45) is 0 Å². The number of hydrogen-bond donors (Lipinski definition) is 1. The van der Waals surface area contributed by atoms with Crippen LogP contribution in [0.15, 0.2) is 30.3 Å². The number of para-hydroxylation sites is 1. The molecule has 4 heteroatoms. The average molecular weight is 190 g/mol. The van der Waals surface area contributed by atoms with E-state index < -0.39 is 0 Å². The lowest BCUT2D eigenvalue weighted by Gasteiger charge is -2.25. The number of amides is 3. The zero-order valence-electron chi connectivity index (χ0n) is 7.56. The summed E-state index contributed by atoms with van der Waals surface area (Å²) >= 11 is 0. The summed E-state index contributed by atoms with van der Waals surface area (Å²) in [5.74, 6) is -0.153. The molecule has 4 nitrogen and oxygen atoms in total. The van der Waals surface area contributed by atoms with Gasteiger partial charge in [-0.25, -0.2) is 9.69 Å². The number of imide groups is 1. The minimum Gasteiger partial charge on any atom is -0.337 e. The monoisotopic (exact) mass is 190 g/mol. The van der Waals surface area contributed by atoms with Crippen LogP contribution in [0.2, 0.25) is 0 Å². The maximum absolute atomic E-state index is 11.5. The predicted octanol–water partition coefficient (Wildman–Crippen LogP) is 1.13. The fourth-order valence-corrected chi connectivity index (χ4v) is 1.42. The number of carbonyl (C=O) groups excluding carboxylic acids is 2. The highest BCUT2D eigenvalue weighted by molar-refractivity contribution is 6.15. The second kappa shape index (κ2) is 3.49. The number of nitrogens with one attached hydrogen (secondary N) is 1. The van der Waals surface area contributed by atoms with Crippen molar-refractivity contribution >= 4 is 17.6 Å². The Balaban J connectivity index is 2.32. The summed E-state index contributed by atoms with van der Waals surface area (Å²) in [4.78, 5) is 24.0. The van der Waals surface area contributed by atoms with Gasteiger partial charge in [0.25, 0.3) is 0 Å². The fourth-order valence-electron chi connectivity index (χ4n) is 1.42. The summed E-state index contributed by atoms with van der Waals surface area (Å²) in [6.45, 7) is 0.432. The molecule has 3 amide bonds. The molecule has 1 fully saturated rings. The van der Waals surface area contributed by atoms with Gasteiger partial charge >= 0.3 is 6.03 Å². The van der Waals surface area contributed by atoms with Crippen LogP contribution in [0.1, 0.15) is 6.42 Å². The molecule has 1 aromatic rings. The van der Waals surface area contributed by atoms with Crippen LogP contribution in [0.5, 0.6) is 0 Å². The Morgan fingerprint density at radius 3 is 2.50 bits per heavy atom. The van der Waals surface area contributed by atoms with E-state index in [0.717, 1.165) is 0 Å². The van der Waals surface area contributed by atoms with Gasteiger partial charge in [0.1, 0.15) is 0 Å². The molecule has 0 aliphatic carbocycles. The molecule has 0 atom stereocenters. The molecular formula is C10H10N2O2. The molecule has 0 saturated carbocycles. The number of hydrogen-bond acceptors (Lipinski definition) is 2. The first-order valence-electron chi connectivity index (χ1n) is 4.45. The Bertz CT molecular complexity index is 346. The van der Waals surface area contributed by atoms with E-state index in [0.29, 0.717) is 18.7 Å². The molecule has 0 spiro atoms. The number of carbonyl (C=O) groups is 2. The number of anilines is 1. The van der Waals surface area contributed by atoms with Gasteiger partial charge in [-0.15, -0.1) is 0 Å². The average Bonchev–Trinajstić information content (AvgIpc) is 2.19. The van der Waals surface area contributed by atoms with Crippen LogP contribution in [0.25, 0.3) is 0 Å². The number of benzene rings is 1. The van der Waals surface area contributed by atoms with Crippen LogP contribution in [-0.4, -0.2) is 18.5 Å². The third-order valence-electron chi connectivity index (χ3n) is 2.08. The van der Waals surface area contributed by atoms with E-state index in [2.05, 4.69) is 5.32 Å². The summed E-state index contributed by atoms with van der Waals surface area (Å²) in [7, 11) is 0. The van der Waals surface area contributed by atoms with Gasteiger partial charge in [0, 0.05) is 13.0 Å². The van der Waals surface area contributed by atoms with Gasteiger partial charge in [0.2, 0.25) is 5.91 Å². The van der Waals surface area contributed by atoms with Gasteiger partial charge < -0.3 is 5.32 Å². The van der Waals surface area contributed by atoms with Crippen molar-refractivity contribution in [3.8, 4) is 0 Å². The van der Waals surface area contributed by atoms with E-state index in [1.807, 2.05) is 6.07 Å². The van der Waals surface area contributed by atoms with Crippen LogP contribution in [0.4, 0.5) is 10.5 Å². The van der Waals surface area contributed by atoms with E-state index >= 15 is 0 Å². The van der Waals surface area contributed by atoms with Gasteiger partial charge in [0.05, 0.1) is 5.69 Å². The van der Waals surface area contributed by atoms with Crippen molar-refractivity contribution in [1.82, 2.24) is 5.32 Å². The highest BCUT2D eigenvalue weighted by Gasteiger charge is 2.26. The van der Waals surface area contributed by atoms with Gasteiger partial charge in [-0.05, 0) is 12.1 Å². The molecule has 1 N–H and O–H groups in total. The Hall–Kier alpha value is -1.84. The van der Waals surface area contributed by atoms with Crippen molar-refractivity contribution in [3.63, 3.8) is 0 Å². The summed E-state index contributed by atoms with van der Waals surface area (Å²) in [6.07, 6.45) is 0.362. The third kappa shape index (κ3) is 1.46.